The van der Waals surface area contributed by atoms with Gasteiger partial charge in [0.15, 0.2) is 17.3 Å². The summed E-state index contributed by atoms with van der Waals surface area (Å²) in [4.78, 5) is 12.0. The largest absolute Gasteiger partial charge is 0.494 e. The summed E-state index contributed by atoms with van der Waals surface area (Å²) in [6, 6.07) is 11.9. The molecule has 2 aromatic rings. The summed E-state index contributed by atoms with van der Waals surface area (Å²) in [5.41, 5.74) is 1.18. The average Bonchev–Trinajstić information content (AvgIpc) is 2.46. The second kappa shape index (κ2) is 6.69. The minimum atomic E-state index is -0.535. The highest BCUT2D eigenvalue weighted by molar-refractivity contribution is 14.1. The molecule has 0 fully saturated rings. The number of nitrogens with one attached hydrogen (secondary N) is 1. The van der Waals surface area contributed by atoms with Gasteiger partial charge in [-0.05, 0) is 65.1 Å². The quantitative estimate of drug-likeness (QED) is 0.630. The van der Waals surface area contributed by atoms with Crippen molar-refractivity contribution in [3.63, 3.8) is 0 Å². The van der Waals surface area contributed by atoms with Gasteiger partial charge in [-0.1, -0.05) is 0 Å². The fourth-order valence-corrected chi connectivity index (χ4v) is 2.05. The number of ether oxygens (including phenoxy) is 1. The molecule has 0 amide bonds. The van der Waals surface area contributed by atoms with Crippen molar-refractivity contribution >= 4 is 34.1 Å². The maximum atomic E-state index is 13.5. The molecule has 0 saturated heterocycles. The molecule has 0 saturated carbocycles. The zero-order valence-electron chi connectivity index (χ0n) is 10.8. The molecule has 0 radical (unpaired) electrons. The summed E-state index contributed by atoms with van der Waals surface area (Å²) < 4.78 is 19.5. The lowest BCUT2D eigenvalue weighted by atomic mass is 10.1. The highest BCUT2D eigenvalue weighted by Crippen LogP contribution is 2.18. The van der Waals surface area contributed by atoms with Crippen molar-refractivity contribution in [2.45, 2.75) is 0 Å². The van der Waals surface area contributed by atoms with Gasteiger partial charge in [-0.15, -0.1) is 0 Å². The van der Waals surface area contributed by atoms with Crippen LogP contribution in [0.5, 0.6) is 5.75 Å². The van der Waals surface area contributed by atoms with E-state index in [0.29, 0.717) is 5.56 Å². The second-order valence-electron chi connectivity index (χ2n) is 4.13. The Kier molecular flexibility index (Phi) is 4.94. The van der Waals surface area contributed by atoms with Crippen LogP contribution in [0.25, 0.3) is 0 Å². The van der Waals surface area contributed by atoms with Crippen LogP contribution in [0.4, 0.5) is 10.1 Å². The molecular formula is C15H13FINO2. The van der Waals surface area contributed by atoms with Gasteiger partial charge in [-0.25, -0.2) is 4.39 Å². The minimum Gasteiger partial charge on any atom is -0.494 e. The predicted octanol–water partition coefficient (Wildman–Crippen LogP) is 3.73. The van der Waals surface area contributed by atoms with Crippen molar-refractivity contribution in [3.8, 4) is 5.75 Å². The van der Waals surface area contributed by atoms with E-state index in [4.69, 9.17) is 4.74 Å². The zero-order chi connectivity index (χ0) is 14.5. The van der Waals surface area contributed by atoms with Crippen LogP contribution < -0.4 is 10.1 Å². The fraction of sp³-hybridized carbons (Fsp3) is 0.133. The van der Waals surface area contributed by atoms with E-state index in [2.05, 4.69) is 27.9 Å². The third kappa shape index (κ3) is 3.69. The minimum absolute atomic E-state index is 0.117. The third-order valence-electron chi connectivity index (χ3n) is 2.77. The number of carbonyl (C=O) groups is 1. The number of anilines is 1. The van der Waals surface area contributed by atoms with E-state index in [9.17, 15) is 9.18 Å². The Morgan fingerprint density at radius 3 is 2.55 bits per heavy atom. The Hall–Kier alpha value is -1.63. The molecule has 0 aromatic heterocycles. The molecule has 0 aliphatic carbocycles. The van der Waals surface area contributed by atoms with Crippen LogP contribution in [0.3, 0.4) is 0 Å². The van der Waals surface area contributed by atoms with Gasteiger partial charge in [-0.3, -0.25) is 4.79 Å². The first-order valence-electron chi connectivity index (χ1n) is 5.96. The Balaban J connectivity index is 2.01. The molecule has 0 unspecified atom stereocenters. The highest BCUT2D eigenvalue weighted by atomic mass is 127. The molecule has 0 aliphatic rings. The number of rotatable bonds is 5. The van der Waals surface area contributed by atoms with Gasteiger partial charge in [0.25, 0.3) is 0 Å². The van der Waals surface area contributed by atoms with E-state index in [1.54, 1.807) is 6.07 Å². The number of methoxy groups -OCH3 is 1. The maximum Gasteiger partial charge on any atom is 0.181 e. The number of hydrogen-bond donors (Lipinski definition) is 1. The lowest BCUT2D eigenvalue weighted by molar-refractivity contribution is 0.101. The van der Waals surface area contributed by atoms with Gasteiger partial charge < -0.3 is 10.1 Å². The van der Waals surface area contributed by atoms with E-state index in [-0.39, 0.29) is 18.1 Å². The monoisotopic (exact) mass is 385 g/mol. The summed E-state index contributed by atoms with van der Waals surface area (Å²) in [5.74, 6) is -0.579. The van der Waals surface area contributed by atoms with Crippen LogP contribution in [0.1, 0.15) is 10.4 Å². The number of halogens is 2. The molecule has 0 aliphatic heterocycles. The van der Waals surface area contributed by atoms with E-state index >= 15 is 0 Å². The number of benzene rings is 2. The molecule has 0 bridgehead atoms. The summed E-state index contributed by atoms with van der Waals surface area (Å²) in [5, 5.41) is 3.01. The SMILES string of the molecule is COc1ccc(C(=O)CNc2ccc(I)cc2)cc1F. The van der Waals surface area contributed by atoms with Crippen molar-refractivity contribution in [3.05, 3.63) is 57.4 Å². The molecule has 104 valence electrons. The maximum absolute atomic E-state index is 13.5. The van der Waals surface area contributed by atoms with Gasteiger partial charge in [0.05, 0.1) is 13.7 Å². The summed E-state index contributed by atoms with van der Waals surface area (Å²) in [6.07, 6.45) is 0. The van der Waals surface area contributed by atoms with Gasteiger partial charge >= 0.3 is 0 Å². The molecule has 2 aromatic carbocycles. The Bertz CT molecular complexity index is 614. The first-order valence-corrected chi connectivity index (χ1v) is 7.04. The first-order chi connectivity index (χ1) is 9.60. The van der Waals surface area contributed by atoms with Crippen molar-refractivity contribution < 1.29 is 13.9 Å². The second-order valence-corrected chi connectivity index (χ2v) is 5.38. The molecule has 5 heteroatoms. The highest BCUT2D eigenvalue weighted by Gasteiger charge is 2.10. The van der Waals surface area contributed by atoms with Crippen LogP contribution in [-0.4, -0.2) is 19.4 Å². The molecular weight excluding hydrogens is 372 g/mol. The molecule has 2 rings (SSSR count). The van der Waals surface area contributed by atoms with E-state index in [1.165, 1.54) is 19.2 Å². The van der Waals surface area contributed by atoms with Crippen LogP contribution in [-0.2, 0) is 0 Å². The van der Waals surface area contributed by atoms with Crippen molar-refractivity contribution in [2.24, 2.45) is 0 Å². The Labute approximate surface area is 130 Å². The summed E-state index contributed by atoms with van der Waals surface area (Å²) in [7, 11) is 1.39. The van der Waals surface area contributed by atoms with Gasteiger partial charge in [0, 0.05) is 14.8 Å². The Morgan fingerprint density at radius 2 is 1.95 bits per heavy atom. The lowest BCUT2D eigenvalue weighted by Crippen LogP contribution is -2.14. The molecule has 3 nitrogen and oxygen atoms in total. The number of Topliss-reactive ketones (excluding diaryl/α,β-unsaturated/α-hetero) is 1. The lowest BCUT2D eigenvalue weighted by Gasteiger charge is -2.07. The van der Waals surface area contributed by atoms with Gasteiger partial charge in [0.2, 0.25) is 0 Å². The van der Waals surface area contributed by atoms with E-state index in [1.807, 2.05) is 24.3 Å². The topological polar surface area (TPSA) is 38.3 Å². The molecule has 0 spiro atoms. The average molecular weight is 385 g/mol. The summed E-state index contributed by atoms with van der Waals surface area (Å²) in [6.45, 7) is 0.117. The standard InChI is InChI=1S/C15H13FINO2/c1-20-15-7-2-10(8-13(15)16)14(19)9-18-12-5-3-11(17)4-6-12/h2-8,18H,9H2,1H3. The number of hydrogen-bond acceptors (Lipinski definition) is 3. The summed E-state index contributed by atoms with van der Waals surface area (Å²) >= 11 is 2.21. The van der Waals surface area contributed by atoms with Crippen LogP contribution in [0.2, 0.25) is 0 Å². The van der Waals surface area contributed by atoms with Crippen molar-refractivity contribution in [1.82, 2.24) is 0 Å². The van der Waals surface area contributed by atoms with Crippen molar-refractivity contribution in [1.29, 1.82) is 0 Å². The first kappa shape index (κ1) is 14.8. The van der Waals surface area contributed by atoms with Gasteiger partial charge in [0.1, 0.15) is 0 Å². The molecule has 0 atom stereocenters. The van der Waals surface area contributed by atoms with Gasteiger partial charge in [-0.2, -0.15) is 0 Å². The van der Waals surface area contributed by atoms with Crippen molar-refractivity contribution in [2.75, 3.05) is 19.0 Å². The molecule has 0 heterocycles. The predicted molar refractivity (Wildman–Crippen MR) is 84.9 cm³/mol. The third-order valence-corrected chi connectivity index (χ3v) is 3.49. The zero-order valence-corrected chi connectivity index (χ0v) is 13.0. The number of carbonyl (C=O) groups excluding carboxylic acids is 1. The number of ketones is 1. The molecule has 1 N–H and O–H groups in total. The Morgan fingerprint density at radius 1 is 1.25 bits per heavy atom. The molecule has 20 heavy (non-hydrogen) atoms. The van der Waals surface area contributed by atoms with E-state index in [0.717, 1.165) is 9.26 Å². The van der Waals surface area contributed by atoms with Crippen LogP contribution >= 0.6 is 22.6 Å². The fourth-order valence-electron chi connectivity index (χ4n) is 1.69. The smallest absolute Gasteiger partial charge is 0.181 e. The van der Waals surface area contributed by atoms with E-state index < -0.39 is 5.82 Å². The normalized spacial score (nSPS) is 10.2. The van der Waals surface area contributed by atoms with Crippen LogP contribution in [0, 0.1) is 9.39 Å². The van der Waals surface area contributed by atoms with Crippen LogP contribution in [0.15, 0.2) is 42.5 Å².